The van der Waals surface area contributed by atoms with Crippen molar-refractivity contribution in [2.45, 2.75) is 31.6 Å². The molecule has 2 N–H and O–H groups in total. The molecule has 2 fully saturated rings. The maximum absolute atomic E-state index is 13.5. The van der Waals surface area contributed by atoms with Crippen molar-refractivity contribution in [3.05, 3.63) is 53.6 Å². The van der Waals surface area contributed by atoms with Crippen molar-refractivity contribution in [3.63, 3.8) is 0 Å². The first-order chi connectivity index (χ1) is 16.6. The van der Waals surface area contributed by atoms with Gasteiger partial charge in [-0.15, -0.1) is 12.4 Å². The molecule has 0 saturated carbocycles. The summed E-state index contributed by atoms with van der Waals surface area (Å²) in [6.07, 6.45) is 2.84. The van der Waals surface area contributed by atoms with Crippen molar-refractivity contribution < 1.29 is 19.1 Å². The summed E-state index contributed by atoms with van der Waals surface area (Å²) in [5.74, 6) is 2.62. The Labute approximate surface area is 212 Å². The second-order valence-corrected chi connectivity index (χ2v) is 10.1. The third-order valence-electron chi connectivity index (χ3n) is 7.94. The number of piperidine rings is 1. The molecule has 8 heteroatoms. The van der Waals surface area contributed by atoms with Gasteiger partial charge in [0, 0.05) is 48.9 Å². The molecule has 2 amide bonds. The lowest BCUT2D eigenvalue weighted by Crippen LogP contribution is -2.48. The van der Waals surface area contributed by atoms with Crippen molar-refractivity contribution in [3.8, 4) is 17.2 Å². The standard InChI is InChI=1S/C27H31N3O4.ClH/c31-24-8-7-18-3-1-4-20(13-18)34-23-6-2-5-21-22-14-30(26(32)19-9-11-28-12-10-19)16-27(22,15-29-24)17-33-25(21)23;/h1-6,13,19,22,28H,7-12,14-17H2,(H,29,31);1H/t22-,27+;/m1./s1. The van der Waals surface area contributed by atoms with Crippen LogP contribution in [0.1, 0.15) is 36.3 Å². The Morgan fingerprint density at radius 2 is 1.91 bits per heavy atom. The van der Waals surface area contributed by atoms with Crippen molar-refractivity contribution in [1.29, 1.82) is 0 Å². The van der Waals surface area contributed by atoms with Crippen LogP contribution in [0.15, 0.2) is 42.5 Å². The monoisotopic (exact) mass is 497 g/mol. The van der Waals surface area contributed by atoms with Crippen LogP contribution >= 0.6 is 12.4 Å². The molecule has 1 spiro atoms. The molecule has 0 aromatic heterocycles. The number of rotatable bonds is 1. The van der Waals surface area contributed by atoms with E-state index in [1.54, 1.807) is 0 Å². The molecule has 2 atom stereocenters. The number of hydrogen-bond acceptors (Lipinski definition) is 5. The summed E-state index contributed by atoms with van der Waals surface area (Å²) >= 11 is 0. The summed E-state index contributed by atoms with van der Waals surface area (Å²) in [5.41, 5.74) is 1.78. The van der Waals surface area contributed by atoms with E-state index < -0.39 is 0 Å². The fourth-order valence-corrected chi connectivity index (χ4v) is 6.04. The van der Waals surface area contributed by atoms with Crippen molar-refractivity contribution >= 4 is 24.2 Å². The van der Waals surface area contributed by atoms with E-state index in [0.29, 0.717) is 44.8 Å². The average molecular weight is 498 g/mol. The van der Waals surface area contributed by atoms with Gasteiger partial charge in [-0.25, -0.2) is 0 Å². The molecule has 7 nitrogen and oxygen atoms in total. The first-order valence-electron chi connectivity index (χ1n) is 12.4. The van der Waals surface area contributed by atoms with Crippen molar-refractivity contribution in [1.82, 2.24) is 15.5 Å². The van der Waals surface area contributed by atoms with E-state index in [-0.39, 0.29) is 41.5 Å². The summed E-state index contributed by atoms with van der Waals surface area (Å²) in [6.45, 7) is 3.97. The Morgan fingerprint density at radius 1 is 1.09 bits per heavy atom. The topological polar surface area (TPSA) is 79.9 Å². The van der Waals surface area contributed by atoms with E-state index in [2.05, 4.69) is 16.7 Å². The first-order valence-corrected chi connectivity index (χ1v) is 12.4. The molecular formula is C27H32ClN3O4. The van der Waals surface area contributed by atoms with Gasteiger partial charge in [0.25, 0.3) is 0 Å². The van der Waals surface area contributed by atoms with E-state index >= 15 is 0 Å². The number of likely N-dealkylation sites (tertiary alicyclic amines) is 1. The minimum atomic E-state index is -0.345. The number of benzene rings is 2. The number of fused-ring (bicyclic) bond motifs is 5. The minimum Gasteiger partial charge on any atom is -0.489 e. The second-order valence-electron chi connectivity index (χ2n) is 10.1. The number of carbonyl (C=O) groups is 2. The largest absolute Gasteiger partial charge is 0.489 e. The number of halogens is 1. The summed E-state index contributed by atoms with van der Waals surface area (Å²) < 4.78 is 12.7. The van der Waals surface area contributed by atoms with Crippen LogP contribution < -0.4 is 20.1 Å². The predicted molar refractivity (Wildman–Crippen MR) is 134 cm³/mol. The highest BCUT2D eigenvalue weighted by molar-refractivity contribution is 5.85. The molecule has 35 heavy (non-hydrogen) atoms. The first kappa shape index (κ1) is 23.9. The Morgan fingerprint density at radius 3 is 2.77 bits per heavy atom. The molecule has 0 radical (unpaired) electrons. The second kappa shape index (κ2) is 9.70. The maximum Gasteiger partial charge on any atom is 0.225 e. The molecule has 0 unspecified atom stereocenters. The molecule has 2 aromatic rings. The number of nitrogens with one attached hydrogen (secondary N) is 2. The Hall–Kier alpha value is -2.77. The Kier molecular flexibility index (Phi) is 6.64. The van der Waals surface area contributed by atoms with Gasteiger partial charge in [-0.3, -0.25) is 9.59 Å². The number of hydrogen-bond donors (Lipinski definition) is 2. The Balaban J connectivity index is 0.00000253. The normalized spacial score (nSPS) is 25.9. The highest BCUT2D eigenvalue weighted by Crippen LogP contribution is 2.52. The zero-order valence-electron chi connectivity index (χ0n) is 19.8. The predicted octanol–water partition coefficient (Wildman–Crippen LogP) is 3.27. The van der Waals surface area contributed by atoms with E-state index in [9.17, 15) is 9.59 Å². The quantitative estimate of drug-likeness (QED) is 0.632. The zero-order valence-corrected chi connectivity index (χ0v) is 20.6. The molecule has 0 aliphatic carbocycles. The molecule has 5 aliphatic rings. The smallest absolute Gasteiger partial charge is 0.225 e. The van der Waals surface area contributed by atoms with E-state index in [1.165, 1.54) is 0 Å². The average Bonchev–Trinajstić information content (AvgIpc) is 3.27. The molecule has 7 rings (SSSR count). The molecular weight excluding hydrogens is 466 g/mol. The van der Waals surface area contributed by atoms with Crippen LogP contribution in [0.2, 0.25) is 0 Å². The van der Waals surface area contributed by atoms with Gasteiger partial charge >= 0.3 is 0 Å². The van der Waals surface area contributed by atoms with Gasteiger partial charge < -0.3 is 25.0 Å². The lowest BCUT2D eigenvalue weighted by molar-refractivity contribution is -0.135. The molecule has 5 heterocycles. The molecule has 186 valence electrons. The van der Waals surface area contributed by atoms with Crippen LogP contribution in [0.5, 0.6) is 17.2 Å². The third-order valence-corrected chi connectivity index (χ3v) is 7.94. The number of para-hydroxylation sites is 1. The highest BCUT2D eigenvalue weighted by Gasteiger charge is 2.53. The van der Waals surface area contributed by atoms with Crippen LogP contribution in [0, 0.1) is 11.3 Å². The van der Waals surface area contributed by atoms with Crippen LogP contribution in [0.4, 0.5) is 0 Å². The number of aryl methyl sites for hydroxylation is 1. The van der Waals surface area contributed by atoms with E-state index in [1.807, 2.05) is 41.3 Å². The SMILES string of the molecule is Cl.O=C1CCc2cccc(c2)Oc2cccc3c2OC[C@]2(CN1)CN(C(=O)C1CCNCC1)C[C@H]32. The van der Waals surface area contributed by atoms with Crippen molar-refractivity contribution in [2.24, 2.45) is 11.3 Å². The third kappa shape index (κ3) is 4.47. The van der Waals surface area contributed by atoms with Crippen LogP contribution in [0.25, 0.3) is 0 Å². The fourth-order valence-electron chi connectivity index (χ4n) is 6.04. The summed E-state index contributed by atoms with van der Waals surface area (Å²) in [4.78, 5) is 28.3. The lowest BCUT2D eigenvalue weighted by Gasteiger charge is -2.40. The van der Waals surface area contributed by atoms with Crippen LogP contribution in [0.3, 0.4) is 0 Å². The maximum atomic E-state index is 13.5. The molecule has 2 saturated heterocycles. The fraction of sp³-hybridized carbons (Fsp3) is 0.481. The molecule has 5 aliphatic heterocycles. The number of amides is 2. The van der Waals surface area contributed by atoms with Gasteiger partial charge in [-0.2, -0.15) is 0 Å². The van der Waals surface area contributed by atoms with Crippen molar-refractivity contribution in [2.75, 3.05) is 39.3 Å². The number of ether oxygens (including phenoxy) is 2. The highest BCUT2D eigenvalue weighted by atomic mass is 35.5. The van der Waals surface area contributed by atoms with Gasteiger partial charge in [0.15, 0.2) is 11.5 Å². The van der Waals surface area contributed by atoms with Gasteiger partial charge in [-0.1, -0.05) is 24.3 Å². The number of carbonyl (C=O) groups excluding carboxylic acids is 2. The van der Waals surface area contributed by atoms with E-state index in [4.69, 9.17) is 9.47 Å². The van der Waals surface area contributed by atoms with Gasteiger partial charge in [0.1, 0.15) is 5.75 Å². The molecule has 6 bridgehead atoms. The summed E-state index contributed by atoms with van der Waals surface area (Å²) in [6, 6.07) is 13.9. The summed E-state index contributed by atoms with van der Waals surface area (Å²) in [5, 5.41) is 6.53. The van der Waals surface area contributed by atoms with Gasteiger partial charge in [0.2, 0.25) is 11.8 Å². The van der Waals surface area contributed by atoms with Gasteiger partial charge in [-0.05, 0) is 56.1 Å². The van der Waals surface area contributed by atoms with E-state index in [0.717, 1.165) is 48.6 Å². The van der Waals surface area contributed by atoms with Crippen LogP contribution in [-0.2, 0) is 16.0 Å². The van der Waals surface area contributed by atoms with Crippen LogP contribution in [-0.4, -0.2) is 56.0 Å². The molecule has 2 aromatic carbocycles. The minimum absolute atomic E-state index is 0. The zero-order chi connectivity index (χ0) is 23.1. The summed E-state index contributed by atoms with van der Waals surface area (Å²) in [7, 11) is 0. The lowest BCUT2D eigenvalue weighted by atomic mass is 9.73. The Bertz CT molecular complexity index is 1120. The number of nitrogens with zero attached hydrogens (tertiary/aromatic N) is 1. The van der Waals surface area contributed by atoms with Gasteiger partial charge in [0.05, 0.1) is 6.61 Å².